The van der Waals surface area contributed by atoms with E-state index in [0.29, 0.717) is 35.2 Å². The molecule has 0 bridgehead atoms. The number of carbonyl (C=O) groups is 2. The Kier molecular flexibility index (Phi) is 10.1. The molecule has 2 aromatic carbocycles. The average Bonchev–Trinajstić information content (AvgIpc) is 2.74. The lowest BCUT2D eigenvalue weighted by molar-refractivity contribution is -0.143. The highest BCUT2D eigenvalue weighted by Crippen LogP contribution is 2.36. The normalized spacial score (nSPS) is 10.6. The van der Waals surface area contributed by atoms with Gasteiger partial charge >= 0.3 is 5.97 Å². The molecule has 0 atom stereocenters. The van der Waals surface area contributed by atoms with Crippen LogP contribution in [0.3, 0.4) is 0 Å². The van der Waals surface area contributed by atoms with Gasteiger partial charge < -0.3 is 19.5 Å². The van der Waals surface area contributed by atoms with Crippen LogP contribution < -0.4 is 14.8 Å². The molecule has 0 unspecified atom stereocenters. The third-order valence-electron chi connectivity index (χ3n) is 3.73. The van der Waals surface area contributed by atoms with Crippen molar-refractivity contribution < 1.29 is 23.8 Å². The number of hydrogen-bond donors (Lipinski definition) is 1. The summed E-state index contributed by atoms with van der Waals surface area (Å²) in [6.07, 6.45) is 2.76. The number of ether oxygens (including phenoxy) is 3. The number of esters is 1. The predicted molar refractivity (Wildman–Crippen MR) is 119 cm³/mol. The minimum atomic E-state index is -0.631. The van der Waals surface area contributed by atoms with E-state index in [1.54, 1.807) is 23.9 Å². The molecule has 160 valence electrons. The third-order valence-corrected chi connectivity index (χ3v) is 5.02. The summed E-state index contributed by atoms with van der Waals surface area (Å²) in [6, 6.07) is 13.2. The topological polar surface area (TPSA) is 73.9 Å². The lowest BCUT2D eigenvalue weighted by atomic mass is 10.2. The first-order valence-corrected chi connectivity index (χ1v) is 10.7. The number of nitrogens with one attached hydrogen (secondary N) is 1. The fourth-order valence-electron chi connectivity index (χ4n) is 2.42. The molecule has 0 fully saturated rings. The molecule has 0 saturated heterocycles. The van der Waals surface area contributed by atoms with Gasteiger partial charge in [-0.3, -0.25) is 4.79 Å². The van der Waals surface area contributed by atoms with Gasteiger partial charge in [-0.05, 0) is 42.8 Å². The summed E-state index contributed by atoms with van der Waals surface area (Å²) < 4.78 is 15.7. The number of hydrogen-bond acceptors (Lipinski definition) is 6. The van der Waals surface area contributed by atoms with Gasteiger partial charge in [0.05, 0.1) is 18.7 Å². The zero-order valence-electron chi connectivity index (χ0n) is 16.9. The van der Waals surface area contributed by atoms with Crippen LogP contribution in [0.5, 0.6) is 11.5 Å². The van der Waals surface area contributed by atoms with Crippen molar-refractivity contribution in [3.8, 4) is 11.5 Å². The van der Waals surface area contributed by atoms with Gasteiger partial charge in [-0.2, -0.15) is 0 Å². The van der Waals surface area contributed by atoms with Crippen LogP contribution in [0.15, 0.2) is 53.4 Å². The van der Waals surface area contributed by atoms with E-state index < -0.39 is 5.97 Å². The summed E-state index contributed by atoms with van der Waals surface area (Å²) in [5.74, 6) is 0.656. The molecule has 0 saturated carbocycles. The summed E-state index contributed by atoms with van der Waals surface area (Å²) in [4.78, 5) is 24.8. The summed E-state index contributed by atoms with van der Waals surface area (Å²) in [5, 5.41) is 3.08. The van der Waals surface area contributed by atoms with Gasteiger partial charge in [0, 0.05) is 23.3 Å². The van der Waals surface area contributed by atoms with Crippen LogP contribution >= 0.6 is 23.4 Å². The highest BCUT2D eigenvalue weighted by molar-refractivity contribution is 7.99. The molecule has 0 aliphatic heterocycles. The molecule has 1 amide bonds. The number of amides is 1. The standard InChI is InChI=1S/C22H24ClNO5S/c1-3-28-19-14-16(13-18(23)22(19)27-2)9-10-21(26)29-15-20(25)24-11-12-30-17-7-5-4-6-8-17/h4-10,13-14H,3,11-12,15H2,1-2H3,(H,24,25)/b10-9+. The SMILES string of the molecule is CCOc1cc(/C=C/C(=O)OCC(=O)NCCSc2ccccc2)cc(Cl)c1OC. The number of rotatable bonds is 11. The van der Waals surface area contributed by atoms with Crippen molar-refractivity contribution in [2.75, 3.05) is 32.6 Å². The molecule has 0 heterocycles. The van der Waals surface area contributed by atoms with Gasteiger partial charge in [0.15, 0.2) is 18.1 Å². The minimum Gasteiger partial charge on any atom is -0.491 e. The second kappa shape index (κ2) is 12.8. The van der Waals surface area contributed by atoms with Crippen LogP contribution in [0, 0.1) is 0 Å². The third kappa shape index (κ3) is 8.00. The second-order valence-corrected chi connectivity index (χ2v) is 7.50. The van der Waals surface area contributed by atoms with E-state index in [-0.39, 0.29) is 12.5 Å². The van der Waals surface area contributed by atoms with Gasteiger partial charge in [0.2, 0.25) is 0 Å². The number of benzene rings is 2. The maximum atomic E-state index is 11.9. The van der Waals surface area contributed by atoms with Crippen LogP contribution in [0.1, 0.15) is 12.5 Å². The second-order valence-electron chi connectivity index (χ2n) is 5.92. The molecular formula is C22H24ClNO5S. The quantitative estimate of drug-likeness (QED) is 0.240. The van der Waals surface area contributed by atoms with E-state index >= 15 is 0 Å². The summed E-state index contributed by atoms with van der Waals surface area (Å²) >= 11 is 7.82. The lowest BCUT2D eigenvalue weighted by Gasteiger charge is -2.11. The molecule has 30 heavy (non-hydrogen) atoms. The van der Waals surface area contributed by atoms with Crippen molar-refractivity contribution in [2.24, 2.45) is 0 Å². The molecular weight excluding hydrogens is 426 g/mol. The Balaban J connectivity index is 1.75. The van der Waals surface area contributed by atoms with E-state index in [2.05, 4.69) is 5.32 Å². The van der Waals surface area contributed by atoms with Crippen LogP contribution in [0.4, 0.5) is 0 Å². The molecule has 1 N–H and O–H groups in total. The predicted octanol–water partition coefficient (Wildman–Crippen LogP) is 4.21. The van der Waals surface area contributed by atoms with E-state index in [9.17, 15) is 9.59 Å². The first kappa shape index (κ1) is 23.6. The molecule has 0 spiro atoms. The smallest absolute Gasteiger partial charge is 0.331 e. The molecule has 2 aromatic rings. The molecule has 0 aliphatic carbocycles. The minimum absolute atomic E-state index is 0.341. The number of halogens is 1. The summed E-state index contributed by atoms with van der Waals surface area (Å²) in [5.41, 5.74) is 0.642. The zero-order valence-corrected chi connectivity index (χ0v) is 18.4. The Hall–Kier alpha value is -2.64. The van der Waals surface area contributed by atoms with Gasteiger partial charge in [-0.1, -0.05) is 29.8 Å². The fourth-order valence-corrected chi connectivity index (χ4v) is 3.51. The zero-order chi connectivity index (χ0) is 21.8. The average molecular weight is 450 g/mol. The van der Waals surface area contributed by atoms with Gasteiger partial charge in [0.25, 0.3) is 5.91 Å². The van der Waals surface area contributed by atoms with E-state index in [1.807, 2.05) is 37.3 Å². The first-order valence-electron chi connectivity index (χ1n) is 9.33. The highest BCUT2D eigenvalue weighted by atomic mass is 35.5. The van der Waals surface area contributed by atoms with Crippen molar-refractivity contribution in [3.05, 3.63) is 59.1 Å². The van der Waals surface area contributed by atoms with Crippen LogP contribution in [-0.4, -0.2) is 44.5 Å². The van der Waals surface area contributed by atoms with E-state index in [1.165, 1.54) is 19.3 Å². The molecule has 0 aromatic heterocycles. The Morgan fingerprint density at radius 1 is 1.20 bits per heavy atom. The Labute approximate surface area is 185 Å². The lowest BCUT2D eigenvalue weighted by Crippen LogP contribution is -2.30. The maximum absolute atomic E-state index is 11.9. The van der Waals surface area contributed by atoms with Crippen molar-refractivity contribution in [1.82, 2.24) is 5.32 Å². The Morgan fingerprint density at radius 3 is 2.67 bits per heavy atom. The van der Waals surface area contributed by atoms with Crippen LogP contribution in [0.25, 0.3) is 6.08 Å². The molecule has 0 aliphatic rings. The van der Waals surface area contributed by atoms with Gasteiger partial charge in [0.1, 0.15) is 0 Å². The van der Waals surface area contributed by atoms with Crippen LogP contribution in [0.2, 0.25) is 5.02 Å². The van der Waals surface area contributed by atoms with Crippen molar-refractivity contribution >= 4 is 41.3 Å². The Morgan fingerprint density at radius 2 is 1.97 bits per heavy atom. The highest BCUT2D eigenvalue weighted by Gasteiger charge is 2.11. The first-order chi connectivity index (χ1) is 14.5. The monoisotopic (exact) mass is 449 g/mol. The van der Waals surface area contributed by atoms with Crippen molar-refractivity contribution in [3.63, 3.8) is 0 Å². The van der Waals surface area contributed by atoms with E-state index in [0.717, 1.165) is 10.6 Å². The van der Waals surface area contributed by atoms with Crippen molar-refractivity contribution in [1.29, 1.82) is 0 Å². The molecule has 0 radical (unpaired) electrons. The summed E-state index contributed by atoms with van der Waals surface area (Å²) in [7, 11) is 1.50. The van der Waals surface area contributed by atoms with Crippen LogP contribution in [-0.2, 0) is 14.3 Å². The molecule has 2 rings (SSSR count). The van der Waals surface area contributed by atoms with E-state index in [4.69, 9.17) is 25.8 Å². The fraction of sp³-hybridized carbons (Fsp3) is 0.273. The largest absolute Gasteiger partial charge is 0.491 e. The summed E-state index contributed by atoms with van der Waals surface area (Å²) in [6.45, 7) is 2.43. The number of carbonyl (C=O) groups excluding carboxylic acids is 2. The number of thioether (sulfide) groups is 1. The van der Waals surface area contributed by atoms with Crippen molar-refractivity contribution in [2.45, 2.75) is 11.8 Å². The number of methoxy groups -OCH3 is 1. The molecule has 6 nitrogen and oxygen atoms in total. The molecule has 8 heteroatoms. The van der Waals surface area contributed by atoms with Gasteiger partial charge in [-0.25, -0.2) is 4.79 Å². The van der Waals surface area contributed by atoms with Gasteiger partial charge in [-0.15, -0.1) is 11.8 Å². The maximum Gasteiger partial charge on any atom is 0.331 e. The Bertz CT molecular complexity index is 873.